The van der Waals surface area contributed by atoms with Crippen LogP contribution in [0.4, 0.5) is 0 Å². The molecule has 0 rings (SSSR count). The Morgan fingerprint density at radius 1 is 1.28 bits per heavy atom. The number of quaternary nitrogens is 2. The predicted octanol–water partition coefficient (Wildman–Crippen LogP) is -3.15. The molecule has 7 nitrogen and oxygen atoms in total. The number of carbonyl (C=O) groups is 1. The summed E-state index contributed by atoms with van der Waals surface area (Å²) in [7, 11) is 5.54. The lowest BCUT2D eigenvalue weighted by Gasteiger charge is -2.23. The monoisotopic (exact) mass is 285 g/mol. The number of carboxylic acids is 1. The fourth-order valence-electron chi connectivity index (χ4n) is 0.995. The van der Waals surface area contributed by atoms with Gasteiger partial charge in [-0.3, -0.25) is 4.55 Å². The standard InChI is InChI=1S/C5H13NO3S.C5H11NO2/c1-6(2)4-3-5-10(7,8)9;1-6(2,3)4-5(7)8/h3-5H2,1-2H3,(H,7,8,9);4H2,1-3H3/p+1. The van der Waals surface area contributed by atoms with Crippen molar-refractivity contribution in [1.29, 1.82) is 0 Å². The molecule has 0 aromatic carbocycles. The number of hydrogen-bond acceptors (Lipinski definition) is 4. The Bertz CT molecular complexity index is 333. The zero-order chi connectivity index (χ0) is 15.0. The Morgan fingerprint density at radius 2 is 1.72 bits per heavy atom. The average Bonchev–Trinajstić information content (AvgIpc) is 1.95. The minimum absolute atomic E-state index is 0.0694. The maximum Gasteiger partial charge on any atom is 0.265 e. The minimum Gasteiger partial charge on any atom is -0.544 e. The summed E-state index contributed by atoms with van der Waals surface area (Å²) in [4.78, 5) is 11.1. The highest BCUT2D eigenvalue weighted by Crippen LogP contribution is 1.85. The first kappa shape index (κ1) is 19.6. The van der Waals surface area contributed by atoms with Crippen LogP contribution in [0.2, 0.25) is 0 Å². The number of likely N-dealkylation sites (N-methyl/N-ethyl adjacent to an activating group) is 1. The van der Waals surface area contributed by atoms with E-state index in [1.54, 1.807) is 21.1 Å². The van der Waals surface area contributed by atoms with Crippen molar-refractivity contribution < 1.29 is 32.3 Å². The second-order valence-corrected chi connectivity index (χ2v) is 6.99. The highest BCUT2D eigenvalue weighted by Gasteiger charge is 2.05. The molecule has 18 heavy (non-hydrogen) atoms. The zero-order valence-corrected chi connectivity index (χ0v) is 12.6. The number of carboxylic acid groups (broad SMARTS) is 1. The molecule has 0 aliphatic heterocycles. The van der Waals surface area contributed by atoms with Gasteiger partial charge in [-0.2, -0.15) is 8.42 Å². The molecule has 0 spiro atoms. The SMILES string of the molecule is C[N+](C)(C)CC(=O)[O-].C[NH+](C)CCCS(=O)(=O)O. The third-order valence-corrected chi connectivity index (χ3v) is 2.49. The summed E-state index contributed by atoms with van der Waals surface area (Å²) in [5, 5.41) is 9.89. The van der Waals surface area contributed by atoms with Crippen LogP contribution in [-0.2, 0) is 14.9 Å². The van der Waals surface area contributed by atoms with E-state index in [9.17, 15) is 18.3 Å². The number of rotatable bonds is 6. The Labute approximate surface area is 109 Å². The van der Waals surface area contributed by atoms with E-state index in [0.717, 1.165) is 6.54 Å². The molecule has 0 bridgehead atoms. The van der Waals surface area contributed by atoms with Gasteiger partial charge in [-0.25, -0.2) is 0 Å². The van der Waals surface area contributed by atoms with Crippen molar-refractivity contribution in [2.24, 2.45) is 0 Å². The summed E-state index contributed by atoms with van der Waals surface area (Å²) >= 11 is 0. The third-order valence-electron chi connectivity index (χ3n) is 1.68. The summed E-state index contributed by atoms with van der Waals surface area (Å²) in [6.07, 6.45) is 0.515. The van der Waals surface area contributed by atoms with Gasteiger partial charge in [-0.05, 0) is 0 Å². The normalized spacial score (nSPS) is 11.9. The van der Waals surface area contributed by atoms with Crippen LogP contribution in [0, 0.1) is 0 Å². The molecule has 2 N–H and O–H groups in total. The van der Waals surface area contributed by atoms with Crippen LogP contribution in [0.25, 0.3) is 0 Å². The highest BCUT2D eigenvalue weighted by atomic mass is 32.2. The van der Waals surface area contributed by atoms with Crippen LogP contribution in [-0.4, -0.2) is 77.5 Å². The molecule has 0 saturated heterocycles. The van der Waals surface area contributed by atoms with Crippen molar-refractivity contribution in [2.45, 2.75) is 6.42 Å². The van der Waals surface area contributed by atoms with Crippen molar-refractivity contribution in [3.63, 3.8) is 0 Å². The van der Waals surface area contributed by atoms with Crippen LogP contribution in [0.1, 0.15) is 6.42 Å². The molecule has 0 radical (unpaired) electrons. The molecule has 0 aliphatic rings. The second kappa shape index (κ2) is 8.41. The first-order chi connectivity index (χ1) is 7.83. The van der Waals surface area contributed by atoms with Crippen LogP contribution < -0.4 is 10.0 Å². The predicted molar refractivity (Wildman–Crippen MR) is 66.6 cm³/mol. The van der Waals surface area contributed by atoms with Gasteiger partial charge < -0.3 is 19.3 Å². The lowest BCUT2D eigenvalue weighted by molar-refractivity contribution is -0.864. The molecular weight excluding hydrogens is 260 g/mol. The smallest absolute Gasteiger partial charge is 0.265 e. The molecular formula is C10H25N2O5S+. The summed E-state index contributed by atoms with van der Waals surface area (Å²) < 4.78 is 29.0. The summed E-state index contributed by atoms with van der Waals surface area (Å²) in [5.41, 5.74) is 0. The maximum absolute atomic E-state index is 10.2. The highest BCUT2D eigenvalue weighted by molar-refractivity contribution is 7.85. The van der Waals surface area contributed by atoms with Gasteiger partial charge in [-0.1, -0.05) is 0 Å². The summed E-state index contributed by atoms with van der Waals surface area (Å²) in [5.74, 6) is -1.13. The Balaban J connectivity index is 0. The van der Waals surface area contributed by atoms with Crippen molar-refractivity contribution in [3.8, 4) is 0 Å². The van der Waals surface area contributed by atoms with Gasteiger partial charge in [0.15, 0.2) is 0 Å². The van der Waals surface area contributed by atoms with Crippen molar-refractivity contribution in [1.82, 2.24) is 0 Å². The minimum atomic E-state index is -3.73. The van der Waals surface area contributed by atoms with Crippen molar-refractivity contribution >= 4 is 16.1 Å². The molecule has 0 heterocycles. The van der Waals surface area contributed by atoms with E-state index in [1.165, 1.54) is 4.90 Å². The largest absolute Gasteiger partial charge is 0.544 e. The van der Waals surface area contributed by atoms with Gasteiger partial charge in [0.2, 0.25) is 0 Å². The lowest BCUT2D eigenvalue weighted by Crippen LogP contribution is -3.05. The van der Waals surface area contributed by atoms with Crippen LogP contribution in [0.3, 0.4) is 0 Å². The molecule has 0 amide bonds. The third kappa shape index (κ3) is 24.5. The molecule has 0 fully saturated rings. The van der Waals surface area contributed by atoms with Gasteiger partial charge >= 0.3 is 0 Å². The molecule has 8 heteroatoms. The fraction of sp³-hybridized carbons (Fsp3) is 0.900. The van der Waals surface area contributed by atoms with Crippen LogP contribution in [0.15, 0.2) is 0 Å². The number of nitrogens with zero attached hydrogens (tertiary/aromatic N) is 1. The summed E-state index contributed by atoms with van der Waals surface area (Å²) in [6, 6.07) is 0. The number of aliphatic carboxylic acids is 1. The van der Waals surface area contributed by atoms with Crippen molar-refractivity contribution in [2.75, 3.05) is 54.1 Å². The summed E-state index contributed by atoms with van der Waals surface area (Å²) in [6.45, 7) is 0.833. The van der Waals surface area contributed by atoms with Crippen molar-refractivity contribution in [3.05, 3.63) is 0 Å². The maximum atomic E-state index is 10.2. The lowest BCUT2D eigenvalue weighted by atomic mass is 10.5. The average molecular weight is 285 g/mol. The van der Waals surface area contributed by atoms with E-state index in [4.69, 9.17) is 4.55 Å². The first-order valence-electron chi connectivity index (χ1n) is 5.58. The van der Waals surface area contributed by atoms with E-state index in [0.29, 0.717) is 10.9 Å². The zero-order valence-electron chi connectivity index (χ0n) is 11.8. The Hall–Kier alpha value is -0.700. The quantitative estimate of drug-likeness (QED) is 0.397. The molecule has 0 aromatic rings. The van der Waals surface area contributed by atoms with E-state index in [-0.39, 0.29) is 12.3 Å². The molecule has 0 saturated carbocycles. The molecule has 0 aromatic heterocycles. The van der Waals surface area contributed by atoms with Gasteiger partial charge in [0, 0.05) is 6.42 Å². The van der Waals surface area contributed by atoms with E-state index >= 15 is 0 Å². The molecule has 0 aliphatic carbocycles. The van der Waals surface area contributed by atoms with E-state index in [2.05, 4.69) is 0 Å². The van der Waals surface area contributed by atoms with Crippen LogP contribution in [0.5, 0.6) is 0 Å². The van der Waals surface area contributed by atoms with E-state index in [1.807, 2.05) is 14.1 Å². The molecule has 0 atom stereocenters. The van der Waals surface area contributed by atoms with Crippen LogP contribution >= 0.6 is 0 Å². The number of carbonyl (C=O) groups excluding carboxylic acids is 1. The number of nitrogens with one attached hydrogen (secondary N) is 1. The Kier molecular flexibility index (Phi) is 9.17. The topological polar surface area (TPSA) is 98.9 Å². The Morgan fingerprint density at radius 3 is 1.89 bits per heavy atom. The molecule has 110 valence electrons. The van der Waals surface area contributed by atoms with Gasteiger partial charge in [0.1, 0.15) is 6.54 Å². The first-order valence-corrected chi connectivity index (χ1v) is 7.19. The van der Waals surface area contributed by atoms with Gasteiger partial charge in [-0.15, -0.1) is 0 Å². The van der Waals surface area contributed by atoms with Gasteiger partial charge in [0.05, 0.1) is 53.5 Å². The molecule has 0 unspecified atom stereocenters. The van der Waals surface area contributed by atoms with Gasteiger partial charge in [0.25, 0.3) is 10.1 Å². The second-order valence-electron chi connectivity index (χ2n) is 5.42. The van der Waals surface area contributed by atoms with E-state index < -0.39 is 16.1 Å². The number of hydrogen-bond donors (Lipinski definition) is 2. The fourth-order valence-corrected chi connectivity index (χ4v) is 1.50.